The zero-order valence-electron chi connectivity index (χ0n) is 12.3. The molecule has 2 saturated heterocycles. The second kappa shape index (κ2) is 7.45. The summed E-state index contributed by atoms with van der Waals surface area (Å²) in [4.78, 5) is 2.49. The van der Waals surface area contributed by atoms with E-state index in [0.29, 0.717) is 11.6 Å². The molecule has 2 aliphatic rings. The fourth-order valence-electron chi connectivity index (χ4n) is 2.80. The van der Waals surface area contributed by atoms with Crippen molar-refractivity contribution in [2.45, 2.75) is 18.9 Å². The summed E-state index contributed by atoms with van der Waals surface area (Å²) in [7, 11) is 0. The van der Waals surface area contributed by atoms with Crippen LogP contribution in [0.25, 0.3) is 0 Å². The molecule has 3 rings (SSSR count). The van der Waals surface area contributed by atoms with Gasteiger partial charge in [0.15, 0.2) is 0 Å². The van der Waals surface area contributed by atoms with Crippen LogP contribution in [0, 0.1) is 0 Å². The number of nitrogens with zero attached hydrogens (tertiary/aromatic N) is 1. The maximum atomic E-state index is 6.34. The first-order valence-electron chi connectivity index (χ1n) is 7.77. The number of hydrogen-bond donors (Lipinski definition) is 1. The van der Waals surface area contributed by atoms with Gasteiger partial charge in [-0.15, -0.1) is 0 Å². The van der Waals surface area contributed by atoms with E-state index in [1.807, 2.05) is 12.1 Å². The first-order chi connectivity index (χ1) is 10.3. The molecule has 0 bridgehead atoms. The van der Waals surface area contributed by atoms with E-state index < -0.39 is 0 Å². The van der Waals surface area contributed by atoms with Gasteiger partial charge in [-0.05, 0) is 24.1 Å². The fraction of sp³-hybridized carbons (Fsp3) is 0.625. The van der Waals surface area contributed by atoms with E-state index in [1.54, 1.807) is 0 Å². The normalized spacial score (nSPS) is 23.4. The van der Waals surface area contributed by atoms with Gasteiger partial charge < -0.3 is 19.7 Å². The molecule has 2 fully saturated rings. The van der Waals surface area contributed by atoms with E-state index in [2.05, 4.69) is 16.3 Å². The van der Waals surface area contributed by atoms with Crippen LogP contribution < -0.4 is 10.1 Å². The molecule has 0 spiro atoms. The van der Waals surface area contributed by atoms with Crippen LogP contribution in [-0.4, -0.2) is 56.9 Å². The smallest absolute Gasteiger partial charge is 0.138 e. The Bertz CT molecular complexity index is 458. The number of nitrogens with one attached hydrogen (secondary N) is 1. The van der Waals surface area contributed by atoms with Crippen LogP contribution in [0.4, 0.5) is 0 Å². The first-order valence-corrected chi connectivity index (χ1v) is 8.15. The minimum absolute atomic E-state index is 0.147. The molecule has 0 amide bonds. The van der Waals surface area contributed by atoms with Gasteiger partial charge in [-0.2, -0.15) is 0 Å². The zero-order valence-corrected chi connectivity index (χ0v) is 13.1. The summed E-state index contributed by atoms with van der Waals surface area (Å²) in [5, 5.41) is 4.08. The second-order valence-corrected chi connectivity index (χ2v) is 6.12. The maximum Gasteiger partial charge on any atom is 0.138 e. The van der Waals surface area contributed by atoms with E-state index >= 15 is 0 Å². The van der Waals surface area contributed by atoms with Crippen LogP contribution in [0.15, 0.2) is 18.2 Å². The lowest BCUT2D eigenvalue weighted by molar-refractivity contribution is 0.141. The van der Waals surface area contributed by atoms with Gasteiger partial charge in [0, 0.05) is 39.1 Å². The molecule has 1 aromatic rings. The van der Waals surface area contributed by atoms with Crippen molar-refractivity contribution in [3.63, 3.8) is 0 Å². The van der Waals surface area contributed by atoms with Crippen molar-refractivity contribution in [1.29, 1.82) is 0 Å². The van der Waals surface area contributed by atoms with E-state index in [-0.39, 0.29) is 6.10 Å². The van der Waals surface area contributed by atoms with Crippen LogP contribution in [0.3, 0.4) is 0 Å². The van der Waals surface area contributed by atoms with E-state index in [0.717, 1.165) is 57.9 Å². The number of hydrogen-bond acceptors (Lipinski definition) is 4. The number of piperazine rings is 1. The number of benzene rings is 1. The van der Waals surface area contributed by atoms with Gasteiger partial charge in [0.05, 0.1) is 18.2 Å². The summed E-state index contributed by atoms with van der Waals surface area (Å²) >= 11 is 6.34. The van der Waals surface area contributed by atoms with Crippen LogP contribution in [-0.2, 0) is 11.2 Å². The summed E-state index contributed by atoms with van der Waals surface area (Å²) < 4.78 is 11.2. The molecule has 5 heteroatoms. The Balaban J connectivity index is 1.53. The molecule has 1 atom stereocenters. The van der Waals surface area contributed by atoms with Crippen molar-refractivity contribution < 1.29 is 9.47 Å². The van der Waals surface area contributed by atoms with Crippen molar-refractivity contribution >= 4 is 11.6 Å². The third kappa shape index (κ3) is 4.33. The molecule has 0 radical (unpaired) electrons. The molecular weight excluding hydrogens is 288 g/mol. The van der Waals surface area contributed by atoms with E-state index in [4.69, 9.17) is 21.1 Å². The molecule has 21 heavy (non-hydrogen) atoms. The average Bonchev–Trinajstić information content (AvgIpc) is 3.02. The quantitative estimate of drug-likeness (QED) is 0.901. The Morgan fingerprint density at radius 1 is 1.33 bits per heavy atom. The molecule has 1 aromatic carbocycles. The predicted octanol–water partition coefficient (Wildman–Crippen LogP) is 1.96. The Hall–Kier alpha value is -0.810. The van der Waals surface area contributed by atoms with Crippen LogP contribution in [0.2, 0.25) is 5.02 Å². The highest BCUT2D eigenvalue weighted by Gasteiger charge is 2.18. The summed E-state index contributed by atoms with van der Waals surface area (Å²) in [5.41, 5.74) is 1.27. The molecular formula is C16H23ClN2O2. The van der Waals surface area contributed by atoms with Crippen molar-refractivity contribution in [3.8, 4) is 5.75 Å². The van der Waals surface area contributed by atoms with Crippen molar-refractivity contribution in [2.75, 3.05) is 45.9 Å². The number of halogens is 1. The molecule has 1 N–H and O–H groups in total. The third-order valence-corrected chi connectivity index (χ3v) is 4.40. The van der Waals surface area contributed by atoms with Crippen molar-refractivity contribution in [3.05, 3.63) is 28.8 Å². The highest BCUT2D eigenvalue weighted by atomic mass is 35.5. The van der Waals surface area contributed by atoms with Crippen molar-refractivity contribution in [2.24, 2.45) is 0 Å². The Labute approximate surface area is 131 Å². The zero-order chi connectivity index (χ0) is 14.5. The van der Waals surface area contributed by atoms with Crippen LogP contribution >= 0.6 is 11.6 Å². The standard InChI is InChI=1S/C16H23ClN2O2/c17-15-11-13(3-7-19-8-5-18-6-9-19)1-2-16(15)21-14-4-10-20-12-14/h1-2,11,14,18H,3-10,12H2. The number of ether oxygens (including phenoxy) is 2. The first kappa shape index (κ1) is 15.1. The molecule has 0 aliphatic carbocycles. The van der Waals surface area contributed by atoms with E-state index in [1.165, 1.54) is 5.56 Å². The molecule has 4 nitrogen and oxygen atoms in total. The van der Waals surface area contributed by atoms with Gasteiger partial charge in [-0.3, -0.25) is 0 Å². The summed E-state index contributed by atoms with van der Waals surface area (Å²) in [6, 6.07) is 6.15. The van der Waals surface area contributed by atoms with Gasteiger partial charge in [0.1, 0.15) is 11.9 Å². The number of rotatable bonds is 5. The lowest BCUT2D eigenvalue weighted by atomic mass is 10.1. The van der Waals surface area contributed by atoms with Gasteiger partial charge >= 0.3 is 0 Å². The van der Waals surface area contributed by atoms with Gasteiger partial charge in [0.25, 0.3) is 0 Å². The third-order valence-electron chi connectivity index (χ3n) is 4.10. The van der Waals surface area contributed by atoms with Gasteiger partial charge in [-0.25, -0.2) is 0 Å². The minimum Gasteiger partial charge on any atom is -0.486 e. The molecule has 0 saturated carbocycles. The SMILES string of the molecule is Clc1cc(CCN2CCNCC2)ccc1OC1CCOC1. The minimum atomic E-state index is 0.147. The molecule has 1 unspecified atom stereocenters. The highest BCUT2D eigenvalue weighted by Crippen LogP contribution is 2.28. The average molecular weight is 311 g/mol. The predicted molar refractivity (Wildman–Crippen MR) is 84.3 cm³/mol. The lowest BCUT2D eigenvalue weighted by Crippen LogP contribution is -2.44. The maximum absolute atomic E-state index is 6.34. The molecule has 2 aliphatic heterocycles. The Morgan fingerprint density at radius 2 is 2.19 bits per heavy atom. The topological polar surface area (TPSA) is 33.7 Å². The summed E-state index contributed by atoms with van der Waals surface area (Å²) in [5.74, 6) is 0.776. The van der Waals surface area contributed by atoms with Crippen LogP contribution in [0.1, 0.15) is 12.0 Å². The molecule has 116 valence electrons. The lowest BCUT2D eigenvalue weighted by Gasteiger charge is -2.27. The summed E-state index contributed by atoms with van der Waals surface area (Å²) in [6.07, 6.45) is 2.13. The molecule has 0 aromatic heterocycles. The Morgan fingerprint density at radius 3 is 2.90 bits per heavy atom. The monoisotopic (exact) mass is 310 g/mol. The largest absolute Gasteiger partial charge is 0.486 e. The van der Waals surface area contributed by atoms with Crippen molar-refractivity contribution in [1.82, 2.24) is 10.2 Å². The van der Waals surface area contributed by atoms with E-state index in [9.17, 15) is 0 Å². The van der Waals surface area contributed by atoms with Gasteiger partial charge in [-0.1, -0.05) is 17.7 Å². The van der Waals surface area contributed by atoms with Crippen LogP contribution in [0.5, 0.6) is 5.75 Å². The fourth-order valence-corrected chi connectivity index (χ4v) is 3.05. The highest BCUT2D eigenvalue weighted by molar-refractivity contribution is 6.32. The summed E-state index contributed by atoms with van der Waals surface area (Å²) in [6.45, 7) is 7.00. The second-order valence-electron chi connectivity index (χ2n) is 5.71. The Kier molecular flexibility index (Phi) is 5.36. The molecule has 2 heterocycles. The van der Waals surface area contributed by atoms with Gasteiger partial charge in [0.2, 0.25) is 0 Å².